The van der Waals surface area contributed by atoms with Gasteiger partial charge in [-0.2, -0.15) is 0 Å². The van der Waals surface area contributed by atoms with Crippen molar-refractivity contribution in [2.75, 3.05) is 0 Å². The molecule has 20 heavy (non-hydrogen) atoms. The van der Waals surface area contributed by atoms with Gasteiger partial charge in [0.05, 0.1) is 5.69 Å². The minimum absolute atomic E-state index is 0.0914. The lowest BCUT2D eigenvalue weighted by molar-refractivity contribution is 0.295. The van der Waals surface area contributed by atoms with E-state index >= 15 is 0 Å². The van der Waals surface area contributed by atoms with Crippen molar-refractivity contribution in [2.24, 2.45) is 0 Å². The van der Waals surface area contributed by atoms with Crippen LogP contribution in [0.4, 0.5) is 0 Å². The fraction of sp³-hybridized carbons (Fsp3) is 0.353. The number of aromatic nitrogens is 1. The Hall–Kier alpha value is -1.87. The van der Waals surface area contributed by atoms with Gasteiger partial charge < -0.3 is 10.1 Å². The van der Waals surface area contributed by atoms with Crippen LogP contribution in [0.3, 0.4) is 0 Å². The third kappa shape index (κ3) is 4.67. The van der Waals surface area contributed by atoms with Crippen molar-refractivity contribution in [3.63, 3.8) is 0 Å². The van der Waals surface area contributed by atoms with Gasteiger partial charge >= 0.3 is 0 Å². The van der Waals surface area contributed by atoms with Crippen LogP contribution in [0.25, 0.3) is 0 Å². The lowest BCUT2D eigenvalue weighted by Crippen LogP contribution is -2.35. The molecule has 0 aliphatic rings. The number of nitrogens with zero attached hydrogens (tertiary/aromatic N) is 1. The molecule has 0 spiro atoms. The molecule has 0 fully saturated rings. The first kappa shape index (κ1) is 14.5. The second-order valence-corrected chi connectivity index (χ2v) is 5.82. The van der Waals surface area contributed by atoms with Crippen molar-refractivity contribution < 1.29 is 4.74 Å². The van der Waals surface area contributed by atoms with Crippen LogP contribution >= 0.6 is 0 Å². The van der Waals surface area contributed by atoms with Crippen LogP contribution in [0.2, 0.25) is 0 Å². The predicted octanol–water partition coefficient (Wildman–Crippen LogP) is 3.55. The number of para-hydroxylation sites is 1. The predicted molar refractivity (Wildman–Crippen MR) is 81.6 cm³/mol. The monoisotopic (exact) mass is 270 g/mol. The van der Waals surface area contributed by atoms with Crippen LogP contribution < -0.4 is 10.1 Å². The van der Waals surface area contributed by atoms with Crippen molar-refractivity contribution in [3.05, 3.63) is 59.9 Å². The second-order valence-electron chi connectivity index (χ2n) is 5.82. The molecular weight excluding hydrogens is 248 g/mol. The fourth-order valence-corrected chi connectivity index (χ4v) is 1.79. The molecule has 0 unspecified atom stereocenters. The zero-order valence-corrected chi connectivity index (χ0v) is 12.4. The number of nitrogens with one attached hydrogen (secondary N) is 1. The van der Waals surface area contributed by atoms with E-state index in [0.717, 1.165) is 18.0 Å². The van der Waals surface area contributed by atoms with Crippen molar-refractivity contribution in [1.82, 2.24) is 10.3 Å². The summed E-state index contributed by atoms with van der Waals surface area (Å²) in [6.07, 6.45) is 1.78. The third-order valence-corrected chi connectivity index (χ3v) is 2.88. The molecule has 0 radical (unpaired) electrons. The molecule has 0 aliphatic heterocycles. The molecular formula is C17H22N2O. The summed E-state index contributed by atoms with van der Waals surface area (Å²) in [5, 5.41) is 3.48. The Morgan fingerprint density at radius 3 is 2.50 bits per heavy atom. The number of hydrogen-bond acceptors (Lipinski definition) is 3. The molecule has 2 rings (SSSR count). The Balaban J connectivity index is 2.01. The zero-order chi connectivity index (χ0) is 14.4. The molecule has 0 bridgehead atoms. The smallest absolute Gasteiger partial charge is 0.130 e. The van der Waals surface area contributed by atoms with E-state index in [9.17, 15) is 0 Å². The summed E-state index contributed by atoms with van der Waals surface area (Å²) in [6, 6.07) is 14.0. The zero-order valence-electron chi connectivity index (χ0n) is 12.4. The Morgan fingerprint density at radius 2 is 1.80 bits per heavy atom. The molecule has 2 aromatic rings. The first-order chi connectivity index (χ1) is 9.54. The summed E-state index contributed by atoms with van der Waals surface area (Å²) in [5.74, 6) is 0.912. The maximum atomic E-state index is 5.89. The summed E-state index contributed by atoms with van der Waals surface area (Å²) in [4.78, 5) is 4.27. The standard InChI is InChI=1S/C17H22N2O/c1-17(2,3)19-12-14-8-4-5-10-16(14)20-13-15-9-6-7-11-18-15/h4-11,19H,12-13H2,1-3H3. The second kappa shape index (κ2) is 6.53. The van der Waals surface area contributed by atoms with E-state index < -0.39 is 0 Å². The van der Waals surface area contributed by atoms with E-state index in [2.05, 4.69) is 37.1 Å². The molecule has 0 aliphatic carbocycles. The maximum absolute atomic E-state index is 5.89. The number of rotatable bonds is 5. The number of pyridine rings is 1. The van der Waals surface area contributed by atoms with Gasteiger partial charge in [0.25, 0.3) is 0 Å². The van der Waals surface area contributed by atoms with E-state index in [1.54, 1.807) is 6.20 Å². The fourth-order valence-electron chi connectivity index (χ4n) is 1.79. The van der Waals surface area contributed by atoms with Gasteiger partial charge in [0.15, 0.2) is 0 Å². The van der Waals surface area contributed by atoms with E-state index in [1.807, 2.05) is 36.4 Å². The van der Waals surface area contributed by atoms with E-state index in [1.165, 1.54) is 5.56 Å². The van der Waals surface area contributed by atoms with Crippen LogP contribution in [0.1, 0.15) is 32.0 Å². The molecule has 0 saturated heterocycles. The van der Waals surface area contributed by atoms with Gasteiger partial charge in [-0.25, -0.2) is 0 Å². The van der Waals surface area contributed by atoms with Crippen LogP contribution in [-0.2, 0) is 13.2 Å². The molecule has 0 atom stereocenters. The van der Waals surface area contributed by atoms with Gasteiger partial charge in [-0.15, -0.1) is 0 Å². The first-order valence-corrected chi connectivity index (χ1v) is 6.90. The summed E-state index contributed by atoms with van der Waals surface area (Å²) >= 11 is 0. The highest BCUT2D eigenvalue weighted by atomic mass is 16.5. The highest BCUT2D eigenvalue weighted by Crippen LogP contribution is 2.19. The van der Waals surface area contributed by atoms with Crippen molar-refractivity contribution in [3.8, 4) is 5.75 Å². The first-order valence-electron chi connectivity index (χ1n) is 6.90. The van der Waals surface area contributed by atoms with Crippen LogP contribution in [0.15, 0.2) is 48.7 Å². The van der Waals surface area contributed by atoms with Crippen LogP contribution in [-0.4, -0.2) is 10.5 Å². The number of benzene rings is 1. The Bertz CT molecular complexity index is 532. The highest BCUT2D eigenvalue weighted by Gasteiger charge is 2.10. The minimum Gasteiger partial charge on any atom is -0.487 e. The Morgan fingerprint density at radius 1 is 1.05 bits per heavy atom. The van der Waals surface area contributed by atoms with Crippen molar-refractivity contribution in [2.45, 2.75) is 39.5 Å². The topological polar surface area (TPSA) is 34.1 Å². The van der Waals surface area contributed by atoms with Gasteiger partial charge in [0, 0.05) is 23.8 Å². The van der Waals surface area contributed by atoms with Gasteiger partial charge in [0.2, 0.25) is 0 Å². The average molecular weight is 270 g/mol. The van der Waals surface area contributed by atoms with Crippen molar-refractivity contribution >= 4 is 0 Å². The summed E-state index contributed by atoms with van der Waals surface area (Å²) in [7, 11) is 0. The third-order valence-electron chi connectivity index (χ3n) is 2.88. The summed E-state index contributed by atoms with van der Waals surface area (Å²) in [6.45, 7) is 7.76. The highest BCUT2D eigenvalue weighted by molar-refractivity contribution is 5.33. The lowest BCUT2D eigenvalue weighted by Gasteiger charge is -2.21. The SMILES string of the molecule is CC(C)(C)NCc1ccccc1OCc1ccccn1. The summed E-state index contributed by atoms with van der Waals surface area (Å²) < 4.78 is 5.89. The van der Waals surface area contributed by atoms with Gasteiger partial charge in [-0.05, 0) is 39.0 Å². The van der Waals surface area contributed by atoms with Gasteiger partial charge in [-0.1, -0.05) is 24.3 Å². The molecule has 106 valence electrons. The van der Waals surface area contributed by atoms with Crippen LogP contribution in [0.5, 0.6) is 5.75 Å². The number of ether oxygens (including phenoxy) is 1. The largest absolute Gasteiger partial charge is 0.487 e. The van der Waals surface area contributed by atoms with Gasteiger partial charge in [-0.3, -0.25) is 4.98 Å². The Labute approximate surface area is 121 Å². The van der Waals surface area contributed by atoms with Crippen molar-refractivity contribution in [1.29, 1.82) is 0 Å². The molecule has 3 heteroatoms. The molecule has 0 saturated carbocycles. The average Bonchev–Trinajstić information content (AvgIpc) is 2.44. The molecule has 1 heterocycles. The molecule has 3 nitrogen and oxygen atoms in total. The quantitative estimate of drug-likeness (QED) is 0.902. The molecule has 0 amide bonds. The molecule has 1 aromatic heterocycles. The lowest BCUT2D eigenvalue weighted by atomic mass is 10.1. The maximum Gasteiger partial charge on any atom is 0.130 e. The molecule has 1 N–H and O–H groups in total. The summed E-state index contributed by atoms with van der Waals surface area (Å²) in [5.41, 5.74) is 2.19. The van der Waals surface area contributed by atoms with E-state index in [0.29, 0.717) is 6.61 Å². The van der Waals surface area contributed by atoms with Crippen LogP contribution in [0, 0.1) is 0 Å². The van der Waals surface area contributed by atoms with Gasteiger partial charge in [0.1, 0.15) is 12.4 Å². The van der Waals surface area contributed by atoms with E-state index in [-0.39, 0.29) is 5.54 Å². The van der Waals surface area contributed by atoms with E-state index in [4.69, 9.17) is 4.74 Å². The normalized spacial score (nSPS) is 11.3. The minimum atomic E-state index is 0.0914. The molecule has 1 aromatic carbocycles. The Kier molecular flexibility index (Phi) is 4.74. The number of hydrogen-bond donors (Lipinski definition) is 1.